The van der Waals surface area contributed by atoms with Crippen LogP contribution in [-0.2, 0) is 10.8 Å². The SMILES string of the molecule is NCCOc1ccc(S(=O)c2ccccc2)cc1. The highest BCUT2D eigenvalue weighted by Gasteiger charge is 2.06. The summed E-state index contributed by atoms with van der Waals surface area (Å²) in [6.07, 6.45) is 0. The Morgan fingerprint density at radius 3 is 2.17 bits per heavy atom. The predicted molar refractivity (Wildman–Crippen MR) is 72.1 cm³/mol. The summed E-state index contributed by atoms with van der Waals surface area (Å²) in [6, 6.07) is 16.6. The third-order valence-electron chi connectivity index (χ3n) is 2.38. The fraction of sp³-hybridized carbons (Fsp3) is 0.143. The first-order chi connectivity index (χ1) is 8.81. The van der Waals surface area contributed by atoms with Gasteiger partial charge in [-0.2, -0.15) is 0 Å². The fourth-order valence-electron chi connectivity index (χ4n) is 1.52. The van der Waals surface area contributed by atoms with E-state index in [9.17, 15) is 4.21 Å². The summed E-state index contributed by atoms with van der Waals surface area (Å²) < 4.78 is 17.6. The van der Waals surface area contributed by atoms with E-state index < -0.39 is 10.8 Å². The molecule has 0 aliphatic heterocycles. The molecule has 4 heteroatoms. The highest BCUT2D eigenvalue weighted by molar-refractivity contribution is 7.85. The zero-order valence-electron chi connectivity index (χ0n) is 9.91. The van der Waals surface area contributed by atoms with Crippen LogP contribution in [0.25, 0.3) is 0 Å². The quantitative estimate of drug-likeness (QED) is 0.897. The van der Waals surface area contributed by atoms with Gasteiger partial charge in [-0.1, -0.05) is 18.2 Å². The Kier molecular flexibility index (Phi) is 4.50. The lowest BCUT2D eigenvalue weighted by atomic mass is 10.3. The van der Waals surface area contributed by atoms with Gasteiger partial charge in [-0.3, -0.25) is 0 Å². The van der Waals surface area contributed by atoms with Crippen molar-refractivity contribution < 1.29 is 8.95 Å². The molecule has 2 aromatic carbocycles. The highest BCUT2D eigenvalue weighted by atomic mass is 32.2. The van der Waals surface area contributed by atoms with Crippen LogP contribution in [0.3, 0.4) is 0 Å². The number of rotatable bonds is 5. The average molecular weight is 261 g/mol. The van der Waals surface area contributed by atoms with Gasteiger partial charge in [0, 0.05) is 16.3 Å². The van der Waals surface area contributed by atoms with E-state index in [1.165, 1.54) is 0 Å². The van der Waals surface area contributed by atoms with Gasteiger partial charge in [0.15, 0.2) is 0 Å². The Morgan fingerprint density at radius 1 is 0.944 bits per heavy atom. The number of hydrogen-bond acceptors (Lipinski definition) is 3. The van der Waals surface area contributed by atoms with Gasteiger partial charge in [0.05, 0.1) is 10.8 Å². The Bertz CT molecular complexity index is 511. The van der Waals surface area contributed by atoms with E-state index in [0.29, 0.717) is 13.2 Å². The van der Waals surface area contributed by atoms with Gasteiger partial charge >= 0.3 is 0 Å². The Labute approximate surface area is 109 Å². The van der Waals surface area contributed by atoms with Gasteiger partial charge in [-0.15, -0.1) is 0 Å². The molecule has 1 atom stereocenters. The van der Waals surface area contributed by atoms with Crippen LogP contribution in [0.2, 0.25) is 0 Å². The zero-order valence-corrected chi connectivity index (χ0v) is 10.7. The van der Waals surface area contributed by atoms with Crippen molar-refractivity contribution in [3.63, 3.8) is 0 Å². The van der Waals surface area contributed by atoms with Crippen LogP contribution in [0.4, 0.5) is 0 Å². The van der Waals surface area contributed by atoms with Crippen LogP contribution in [-0.4, -0.2) is 17.4 Å². The minimum atomic E-state index is -1.14. The van der Waals surface area contributed by atoms with Crippen molar-refractivity contribution in [3.05, 3.63) is 54.6 Å². The van der Waals surface area contributed by atoms with Crippen molar-refractivity contribution >= 4 is 10.8 Å². The lowest BCUT2D eigenvalue weighted by Gasteiger charge is -2.06. The molecule has 0 amide bonds. The average Bonchev–Trinajstić information content (AvgIpc) is 2.46. The molecule has 0 spiro atoms. The Morgan fingerprint density at radius 2 is 1.56 bits per heavy atom. The second-order valence-corrected chi connectivity index (χ2v) is 5.17. The summed E-state index contributed by atoms with van der Waals surface area (Å²) in [4.78, 5) is 1.56. The monoisotopic (exact) mass is 261 g/mol. The maximum absolute atomic E-state index is 12.2. The van der Waals surface area contributed by atoms with Gasteiger partial charge in [-0.05, 0) is 36.4 Å². The second kappa shape index (κ2) is 6.33. The molecule has 1 unspecified atom stereocenters. The van der Waals surface area contributed by atoms with E-state index in [2.05, 4.69) is 0 Å². The molecule has 0 bridgehead atoms. The number of benzene rings is 2. The smallest absolute Gasteiger partial charge is 0.119 e. The molecule has 0 fully saturated rings. The lowest BCUT2D eigenvalue weighted by molar-refractivity contribution is 0.328. The molecule has 0 aliphatic rings. The van der Waals surface area contributed by atoms with E-state index in [1.807, 2.05) is 54.6 Å². The van der Waals surface area contributed by atoms with E-state index in [0.717, 1.165) is 15.5 Å². The number of ether oxygens (including phenoxy) is 1. The summed E-state index contributed by atoms with van der Waals surface area (Å²) in [5.74, 6) is 0.745. The Hall–Kier alpha value is -1.65. The summed E-state index contributed by atoms with van der Waals surface area (Å²) >= 11 is 0. The van der Waals surface area contributed by atoms with Crippen LogP contribution >= 0.6 is 0 Å². The van der Waals surface area contributed by atoms with E-state index in [1.54, 1.807) is 0 Å². The largest absolute Gasteiger partial charge is 0.492 e. The van der Waals surface area contributed by atoms with Gasteiger partial charge in [0.25, 0.3) is 0 Å². The number of nitrogens with two attached hydrogens (primary N) is 1. The lowest BCUT2D eigenvalue weighted by Crippen LogP contribution is -2.10. The molecular formula is C14H15NO2S. The highest BCUT2D eigenvalue weighted by Crippen LogP contribution is 2.19. The Balaban J connectivity index is 2.12. The van der Waals surface area contributed by atoms with E-state index in [-0.39, 0.29) is 0 Å². The van der Waals surface area contributed by atoms with Gasteiger partial charge in [0.1, 0.15) is 12.4 Å². The van der Waals surface area contributed by atoms with Crippen LogP contribution < -0.4 is 10.5 Å². The first-order valence-corrected chi connectivity index (χ1v) is 6.86. The first-order valence-electron chi connectivity index (χ1n) is 5.71. The van der Waals surface area contributed by atoms with E-state index in [4.69, 9.17) is 10.5 Å². The van der Waals surface area contributed by atoms with Crippen molar-refractivity contribution in [2.75, 3.05) is 13.2 Å². The van der Waals surface area contributed by atoms with Crippen molar-refractivity contribution in [2.24, 2.45) is 5.73 Å². The molecule has 94 valence electrons. The molecule has 2 aromatic rings. The van der Waals surface area contributed by atoms with Crippen molar-refractivity contribution in [1.29, 1.82) is 0 Å². The maximum Gasteiger partial charge on any atom is 0.119 e. The topological polar surface area (TPSA) is 52.3 Å². The summed E-state index contributed by atoms with van der Waals surface area (Å²) in [6.45, 7) is 0.971. The van der Waals surface area contributed by atoms with Crippen LogP contribution in [0, 0.1) is 0 Å². The summed E-state index contributed by atoms with van der Waals surface area (Å²) in [7, 11) is -1.14. The van der Waals surface area contributed by atoms with Gasteiger partial charge in [-0.25, -0.2) is 4.21 Å². The standard InChI is InChI=1S/C14H15NO2S/c15-10-11-17-12-6-8-14(9-7-12)18(16)13-4-2-1-3-5-13/h1-9H,10-11,15H2. The summed E-state index contributed by atoms with van der Waals surface area (Å²) in [5.41, 5.74) is 5.36. The molecular weight excluding hydrogens is 246 g/mol. The fourth-order valence-corrected chi connectivity index (χ4v) is 2.58. The third-order valence-corrected chi connectivity index (χ3v) is 3.78. The molecule has 0 heterocycles. The molecule has 3 nitrogen and oxygen atoms in total. The van der Waals surface area contributed by atoms with Crippen LogP contribution in [0.15, 0.2) is 64.4 Å². The predicted octanol–water partition coefficient (Wildman–Crippen LogP) is 2.19. The van der Waals surface area contributed by atoms with Crippen LogP contribution in [0.1, 0.15) is 0 Å². The number of hydrogen-bond donors (Lipinski definition) is 1. The van der Waals surface area contributed by atoms with Crippen molar-refractivity contribution in [1.82, 2.24) is 0 Å². The summed E-state index contributed by atoms with van der Waals surface area (Å²) in [5, 5.41) is 0. The van der Waals surface area contributed by atoms with Crippen molar-refractivity contribution in [3.8, 4) is 5.75 Å². The van der Waals surface area contributed by atoms with Crippen LogP contribution in [0.5, 0.6) is 5.75 Å². The molecule has 0 saturated carbocycles. The van der Waals surface area contributed by atoms with Crippen molar-refractivity contribution in [2.45, 2.75) is 9.79 Å². The van der Waals surface area contributed by atoms with E-state index >= 15 is 0 Å². The minimum Gasteiger partial charge on any atom is -0.492 e. The second-order valence-electron chi connectivity index (χ2n) is 3.69. The van der Waals surface area contributed by atoms with Gasteiger partial charge < -0.3 is 10.5 Å². The normalized spacial score (nSPS) is 12.1. The third kappa shape index (κ3) is 3.18. The maximum atomic E-state index is 12.2. The molecule has 0 aliphatic carbocycles. The molecule has 0 aromatic heterocycles. The molecule has 18 heavy (non-hydrogen) atoms. The molecule has 2 rings (SSSR count). The first kappa shape index (κ1) is 12.8. The molecule has 2 N–H and O–H groups in total. The molecule has 0 radical (unpaired) electrons. The van der Waals surface area contributed by atoms with Gasteiger partial charge in [0.2, 0.25) is 0 Å². The molecule has 0 saturated heterocycles. The zero-order chi connectivity index (χ0) is 12.8. The minimum absolute atomic E-state index is 0.484.